The molecule has 0 nitrogen and oxygen atoms in total. The van der Waals surface area contributed by atoms with Gasteiger partial charge in [-0.05, 0) is 28.5 Å². The molecule has 0 fully saturated rings. The van der Waals surface area contributed by atoms with Crippen LogP contribution >= 0.6 is 15.3 Å². The Balaban J connectivity index is 2.69. The van der Waals surface area contributed by atoms with Crippen LogP contribution in [0.15, 0.2) is 30.3 Å². The van der Waals surface area contributed by atoms with Crippen molar-refractivity contribution in [2.45, 2.75) is 58.5 Å². The van der Waals surface area contributed by atoms with Gasteiger partial charge in [-0.3, -0.25) is 0 Å². The van der Waals surface area contributed by atoms with E-state index in [-0.39, 0.29) is 0 Å². The molecule has 0 N–H and O–H groups in total. The summed E-state index contributed by atoms with van der Waals surface area (Å²) in [6.45, 7) is 11.9. The van der Waals surface area contributed by atoms with Crippen LogP contribution < -0.4 is 0 Å². The van der Waals surface area contributed by atoms with E-state index < -0.39 is 7.42 Å². The van der Waals surface area contributed by atoms with Crippen molar-refractivity contribution >= 4 is 22.7 Å². The molecule has 0 aliphatic carbocycles. The smallest absolute Gasteiger partial charge is 0.124 e. The number of rotatable bonds is 6. The highest BCUT2D eigenvalue weighted by Gasteiger charge is 2.31. The number of halogens is 1. The Morgan fingerprint density at radius 3 is 2.11 bits per heavy atom. The SMILES string of the molecule is CCC(C)(C)CC[SiH](Br)C(C)(C)c1ccccc1. The van der Waals surface area contributed by atoms with Gasteiger partial charge < -0.3 is 0 Å². The van der Waals surface area contributed by atoms with Gasteiger partial charge in [-0.2, -0.15) is 0 Å². The molecule has 1 unspecified atom stereocenters. The maximum Gasteiger partial charge on any atom is 0.124 e. The van der Waals surface area contributed by atoms with Gasteiger partial charge in [0.1, 0.15) is 7.42 Å². The predicted molar refractivity (Wildman–Crippen MR) is 89.0 cm³/mol. The first-order valence-corrected chi connectivity index (χ1v) is 11.6. The molecule has 0 bridgehead atoms. The summed E-state index contributed by atoms with van der Waals surface area (Å²) in [7, 11) is -0.939. The summed E-state index contributed by atoms with van der Waals surface area (Å²) in [6.07, 6.45) is 2.61. The maximum absolute atomic E-state index is 4.06. The van der Waals surface area contributed by atoms with Crippen molar-refractivity contribution in [2.75, 3.05) is 0 Å². The fourth-order valence-corrected chi connectivity index (χ4v) is 5.89. The van der Waals surface area contributed by atoms with Gasteiger partial charge in [-0.25, -0.2) is 0 Å². The van der Waals surface area contributed by atoms with Crippen LogP contribution in [0.5, 0.6) is 0 Å². The minimum Gasteiger partial charge on any atom is -0.130 e. The van der Waals surface area contributed by atoms with Crippen molar-refractivity contribution in [1.82, 2.24) is 0 Å². The lowest BCUT2D eigenvalue weighted by Gasteiger charge is -2.32. The van der Waals surface area contributed by atoms with Crippen LogP contribution in [0.3, 0.4) is 0 Å². The summed E-state index contributed by atoms with van der Waals surface area (Å²) in [5.74, 6) is 0. The zero-order chi connectivity index (χ0) is 13.8. The molecule has 0 amide bonds. The maximum atomic E-state index is 4.06. The summed E-state index contributed by atoms with van der Waals surface area (Å²) >= 11 is 4.06. The molecule has 2 heteroatoms. The first-order chi connectivity index (χ1) is 8.29. The van der Waals surface area contributed by atoms with Crippen LogP contribution in [-0.2, 0) is 5.04 Å². The number of benzene rings is 1. The van der Waals surface area contributed by atoms with Gasteiger partial charge in [-0.15, -0.1) is 15.3 Å². The van der Waals surface area contributed by atoms with E-state index in [1.54, 1.807) is 0 Å². The Labute approximate surface area is 122 Å². The summed E-state index contributed by atoms with van der Waals surface area (Å²) in [5, 5.41) is 0.324. The highest BCUT2D eigenvalue weighted by atomic mass is 79.9. The fraction of sp³-hybridized carbons (Fsp3) is 0.625. The largest absolute Gasteiger partial charge is 0.130 e. The monoisotopic (exact) mass is 326 g/mol. The molecule has 1 atom stereocenters. The van der Waals surface area contributed by atoms with E-state index in [4.69, 9.17) is 0 Å². The van der Waals surface area contributed by atoms with Crippen LogP contribution in [0, 0.1) is 5.41 Å². The van der Waals surface area contributed by atoms with Crippen LogP contribution in [0.1, 0.15) is 53.0 Å². The molecule has 0 saturated carbocycles. The number of hydrogen-bond acceptors (Lipinski definition) is 0. The lowest BCUT2D eigenvalue weighted by Crippen LogP contribution is -2.34. The molecule has 0 aliphatic heterocycles. The van der Waals surface area contributed by atoms with Crippen molar-refractivity contribution in [3.8, 4) is 0 Å². The molecule has 102 valence electrons. The Morgan fingerprint density at radius 1 is 1.06 bits per heavy atom. The number of hydrogen-bond donors (Lipinski definition) is 0. The average Bonchev–Trinajstić information content (AvgIpc) is 2.37. The summed E-state index contributed by atoms with van der Waals surface area (Å²) < 4.78 is 0. The molecular formula is C16H27BrSi. The second-order valence-electron chi connectivity index (χ2n) is 6.61. The molecule has 1 aromatic carbocycles. The highest BCUT2D eigenvalue weighted by Crippen LogP contribution is 2.35. The van der Waals surface area contributed by atoms with Crippen LogP contribution in [-0.4, -0.2) is 7.42 Å². The van der Waals surface area contributed by atoms with Crippen LogP contribution in [0.25, 0.3) is 0 Å². The summed E-state index contributed by atoms with van der Waals surface area (Å²) in [4.78, 5) is 0. The van der Waals surface area contributed by atoms with Gasteiger partial charge in [0.25, 0.3) is 0 Å². The normalized spacial score (nSPS) is 14.6. The van der Waals surface area contributed by atoms with E-state index in [9.17, 15) is 0 Å². The standard InChI is InChI=1S/C16H27BrSi/c1-6-15(2,3)12-13-18(17)16(4,5)14-10-8-7-9-11-14/h7-11,18H,6,12-13H2,1-5H3. The molecule has 0 radical (unpaired) electrons. The molecule has 1 rings (SSSR count). The Kier molecular flexibility index (Phi) is 5.66. The van der Waals surface area contributed by atoms with Crippen LogP contribution in [0.4, 0.5) is 0 Å². The van der Waals surface area contributed by atoms with E-state index in [1.807, 2.05) is 0 Å². The summed E-state index contributed by atoms with van der Waals surface area (Å²) in [5.41, 5.74) is 1.97. The lowest BCUT2D eigenvalue weighted by molar-refractivity contribution is 0.336. The predicted octanol–water partition coefficient (Wildman–Crippen LogP) is 5.45. The van der Waals surface area contributed by atoms with Gasteiger partial charge in [0.05, 0.1) is 0 Å². The van der Waals surface area contributed by atoms with E-state index in [1.165, 1.54) is 24.4 Å². The van der Waals surface area contributed by atoms with Gasteiger partial charge in [-0.1, -0.05) is 71.4 Å². The minimum atomic E-state index is -0.939. The zero-order valence-electron chi connectivity index (χ0n) is 12.5. The molecule has 0 spiro atoms. The van der Waals surface area contributed by atoms with Gasteiger partial charge in [0, 0.05) is 0 Å². The lowest BCUT2D eigenvalue weighted by atomic mass is 9.87. The van der Waals surface area contributed by atoms with Crippen molar-refractivity contribution in [3.05, 3.63) is 35.9 Å². The minimum absolute atomic E-state index is 0.324. The third-order valence-electron chi connectivity index (χ3n) is 4.33. The third-order valence-corrected chi connectivity index (χ3v) is 11.8. The van der Waals surface area contributed by atoms with Crippen molar-refractivity contribution < 1.29 is 0 Å². The van der Waals surface area contributed by atoms with Crippen molar-refractivity contribution in [2.24, 2.45) is 5.41 Å². The molecule has 0 heterocycles. The van der Waals surface area contributed by atoms with Crippen LogP contribution in [0.2, 0.25) is 6.04 Å². The average molecular weight is 327 g/mol. The Bertz CT molecular complexity index is 357. The highest BCUT2D eigenvalue weighted by molar-refractivity contribution is 9.24. The van der Waals surface area contributed by atoms with E-state index in [0.717, 1.165) is 0 Å². The van der Waals surface area contributed by atoms with E-state index >= 15 is 0 Å². The fourth-order valence-electron chi connectivity index (χ4n) is 2.10. The van der Waals surface area contributed by atoms with Crippen molar-refractivity contribution in [3.63, 3.8) is 0 Å². The molecule has 0 saturated heterocycles. The van der Waals surface area contributed by atoms with Gasteiger partial charge in [0.15, 0.2) is 0 Å². The Morgan fingerprint density at radius 2 is 1.61 bits per heavy atom. The van der Waals surface area contributed by atoms with E-state index in [0.29, 0.717) is 10.5 Å². The van der Waals surface area contributed by atoms with Gasteiger partial charge in [0.2, 0.25) is 0 Å². The third kappa shape index (κ3) is 4.24. The second kappa shape index (κ2) is 6.38. The zero-order valence-corrected chi connectivity index (χ0v) is 15.2. The van der Waals surface area contributed by atoms with E-state index in [2.05, 4.69) is 80.2 Å². The molecule has 0 aromatic heterocycles. The quantitative estimate of drug-likeness (QED) is 0.481. The molecule has 0 aliphatic rings. The first-order valence-electron chi connectivity index (χ1n) is 6.99. The Hall–Kier alpha value is -0.0831. The second-order valence-corrected chi connectivity index (χ2v) is 12.9. The van der Waals surface area contributed by atoms with Gasteiger partial charge >= 0.3 is 0 Å². The molecular weight excluding hydrogens is 300 g/mol. The topological polar surface area (TPSA) is 0 Å². The molecule has 1 aromatic rings. The summed E-state index contributed by atoms with van der Waals surface area (Å²) in [6, 6.07) is 12.3. The molecule has 18 heavy (non-hydrogen) atoms. The van der Waals surface area contributed by atoms with Crippen molar-refractivity contribution in [1.29, 1.82) is 0 Å². The first kappa shape index (κ1) is 16.0.